The fourth-order valence-electron chi connectivity index (χ4n) is 3.15. The van der Waals surface area contributed by atoms with E-state index in [9.17, 15) is 28.3 Å². The number of nitriles is 1. The number of hydrogen-bond donors (Lipinski definition) is 4. The Bertz CT molecular complexity index is 1240. The molecule has 0 aliphatic heterocycles. The summed E-state index contributed by atoms with van der Waals surface area (Å²) in [6, 6.07) is 11.0. The van der Waals surface area contributed by atoms with Crippen molar-refractivity contribution in [2.45, 2.75) is 25.6 Å². The fraction of sp³-hybridized carbons (Fsp3) is 0.217. The van der Waals surface area contributed by atoms with Crippen LogP contribution in [-0.4, -0.2) is 33.6 Å². The molecule has 0 bridgehead atoms. The number of amides is 1. The number of rotatable bonds is 8. The van der Waals surface area contributed by atoms with Crippen LogP contribution in [0, 0.1) is 11.3 Å². The standard InChI is InChI=1S/C23H21F3N6O3/c1-2-35-21-17(12-27)19(31-22(28)32-21)30-18(10-13-6-8-16(33)9-7-13)20(34)29-15-5-3-4-14(11-15)23(24,25)26/h3-9,11,18,33H,2,10H2,1H3,(H,29,34)(H3,28,30,31,32). The Balaban J connectivity index is 1.95. The third-order valence-corrected chi connectivity index (χ3v) is 4.75. The summed E-state index contributed by atoms with van der Waals surface area (Å²) >= 11 is 0. The van der Waals surface area contributed by atoms with Gasteiger partial charge in [-0.1, -0.05) is 18.2 Å². The summed E-state index contributed by atoms with van der Waals surface area (Å²) in [4.78, 5) is 21.0. The number of nitrogens with zero attached hydrogens (tertiary/aromatic N) is 3. The van der Waals surface area contributed by atoms with Gasteiger partial charge in [0.15, 0.2) is 11.4 Å². The summed E-state index contributed by atoms with van der Waals surface area (Å²) in [5, 5.41) is 24.4. The zero-order valence-electron chi connectivity index (χ0n) is 18.4. The Hall–Kier alpha value is -4.53. The molecular formula is C23H21F3N6O3. The molecule has 1 amide bonds. The number of nitrogens with two attached hydrogens (primary N) is 1. The van der Waals surface area contributed by atoms with Crippen molar-refractivity contribution in [3.05, 3.63) is 65.2 Å². The maximum Gasteiger partial charge on any atom is 0.416 e. The van der Waals surface area contributed by atoms with Gasteiger partial charge >= 0.3 is 6.18 Å². The van der Waals surface area contributed by atoms with Gasteiger partial charge in [0, 0.05) is 12.1 Å². The minimum absolute atomic E-state index is 0.0170. The normalized spacial score (nSPS) is 11.9. The van der Waals surface area contributed by atoms with Crippen molar-refractivity contribution in [1.82, 2.24) is 9.97 Å². The van der Waals surface area contributed by atoms with Crippen LogP contribution >= 0.6 is 0 Å². The Morgan fingerprint density at radius 3 is 2.57 bits per heavy atom. The van der Waals surface area contributed by atoms with Gasteiger partial charge in [-0.15, -0.1) is 0 Å². The van der Waals surface area contributed by atoms with Gasteiger partial charge in [0.2, 0.25) is 17.7 Å². The molecule has 0 spiro atoms. The van der Waals surface area contributed by atoms with E-state index >= 15 is 0 Å². The molecule has 12 heteroatoms. The summed E-state index contributed by atoms with van der Waals surface area (Å²) < 4.78 is 44.6. The molecule has 0 aliphatic carbocycles. The summed E-state index contributed by atoms with van der Waals surface area (Å²) in [5.74, 6) is -1.05. The Kier molecular flexibility index (Phi) is 7.60. The smallest absolute Gasteiger partial charge is 0.416 e. The van der Waals surface area contributed by atoms with E-state index in [0.29, 0.717) is 5.56 Å². The number of aromatic nitrogens is 2. The number of hydrogen-bond acceptors (Lipinski definition) is 8. The Morgan fingerprint density at radius 1 is 1.23 bits per heavy atom. The number of phenols is 1. The highest BCUT2D eigenvalue weighted by Gasteiger charge is 2.31. The van der Waals surface area contributed by atoms with Crippen molar-refractivity contribution < 1.29 is 27.8 Å². The van der Waals surface area contributed by atoms with Crippen molar-refractivity contribution in [2.75, 3.05) is 23.0 Å². The monoisotopic (exact) mass is 486 g/mol. The molecule has 0 fully saturated rings. The number of nitrogen functional groups attached to an aromatic ring is 1. The number of aromatic hydroxyl groups is 1. The molecule has 1 aromatic heterocycles. The highest BCUT2D eigenvalue weighted by atomic mass is 19.4. The molecule has 182 valence electrons. The number of nitrogens with one attached hydrogen (secondary N) is 2. The molecule has 35 heavy (non-hydrogen) atoms. The minimum atomic E-state index is -4.58. The van der Waals surface area contributed by atoms with Gasteiger partial charge in [-0.05, 0) is 42.8 Å². The van der Waals surface area contributed by atoms with Crippen molar-refractivity contribution in [3.63, 3.8) is 0 Å². The van der Waals surface area contributed by atoms with E-state index in [1.54, 1.807) is 19.1 Å². The van der Waals surface area contributed by atoms with Crippen LogP contribution in [-0.2, 0) is 17.4 Å². The zero-order chi connectivity index (χ0) is 25.6. The van der Waals surface area contributed by atoms with E-state index in [1.165, 1.54) is 24.3 Å². The van der Waals surface area contributed by atoms with Crippen molar-refractivity contribution in [1.29, 1.82) is 5.26 Å². The summed E-state index contributed by atoms with van der Waals surface area (Å²) in [6.45, 7) is 1.88. The van der Waals surface area contributed by atoms with Crippen LogP contribution in [0.25, 0.3) is 0 Å². The number of benzene rings is 2. The highest BCUT2D eigenvalue weighted by molar-refractivity contribution is 5.97. The van der Waals surface area contributed by atoms with Crippen molar-refractivity contribution in [3.8, 4) is 17.7 Å². The second kappa shape index (κ2) is 10.6. The predicted molar refractivity (Wildman–Crippen MR) is 122 cm³/mol. The number of ether oxygens (including phenoxy) is 1. The molecule has 0 aliphatic rings. The maximum atomic E-state index is 13.2. The first-order valence-electron chi connectivity index (χ1n) is 10.3. The lowest BCUT2D eigenvalue weighted by Gasteiger charge is -2.21. The lowest BCUT2D eigenvalue weighted by molar-refractivity contribution is -0.137. The van der Waals surface area contributed by atoms with E-state index < -0.39 is 23.7 Å². The quantitative estimate of drug-likeness (QED) is 0.377. The molecule has 1 heterocycles. The van der Waals surface area contributed by atoms with Crippen LogP contribution in [0.5, 0.6) is 11.6 Å². The van der Waals surface area contributed by atoms with Crippen molar-refractivity contribution in [2.24, 2.45) is 0 Å². The van der Waals surface area contributed by atoms with Crippen LogP contribution in [0.3, 0.4) is 0 Å². The lowest BCUT2D eigenvalue weighted by atomic mass is 10.0. The van der Waals surface area contributed by atoms with Gasteiger partial charge in [0.1, 0.15) is 17.9 Å². The van der Waals surface area contributed by atoms with Gasteiger partial charge in [-0.3, -0.25) is 4.79 Å². The molecule has 0 saturated carbocycles. The summed E-state index contributed by atoms with van der Waals surface area (Å²) in [7, 11) is 0. The maximum absolute atomic E-state index is 13.2. The van der Waals surface area contributed by atoms with Gasteiger partial charge in [-0.2, -0.15) is 28.4 Å². The van der Waals surface area contributed by atoms with Gasteiger partial charge in [-0.25, -0.2) is 0 Å². The number of carbonyl (C=O) groups is 1. The number of phenolic OH excluding ortho intramolecular Hbond substituents is 1. The highest BCUT2D eigenvalue weighted by Crippen LogP contribution is 2.31. The zero-order valence-corrected chi connectivity index (χ0v) is 18.4. The van der Waals surface area contributed by atoms with E-state index in [-0.39, 0.29) is 47.7 Å². The molecule has 1 unspecified atom stereocenters. The molecule has 5 N–H and O–H groups in total. The SMILES string of the molecule is CCOc1nc(N)nc(NC(Cc2ccc(O)cc2)C(=O)Nc2cccc(C(F)(F)F)c2)c1C#N. The molecule has 9 nitrogen and oxygen atoms in total. The predicted octanol–water partition coefficient (Wildman–Crippen LogP) is 3.72. The molecule has 2 aromatic carbocycles. The van der Waals surface area contributed by atoms with Crippen LogP contribution in [0.2, 0.25) is 0 Å². The summed E-state index contributed by atoms with van der Waals surface area (Å²) in [6.07, 6.45) is -4.55. The molecule has 1 atom stereocenters. The van der Waals surface area contributed by atoms with Gasteiger partial charge in [0.25, 0.3) is 0 Å². The average molecular weight is 486 g/mol. The first-order chi connectivity index (χ1) is 16.6. The van der Waals surface area contributed by atoms with Crippen LogP contribution in [0.1, 0.15) is 23.6 Å². The molecule has 3 aromatic rings. The lowest BCUT2D eigenvalue weighted by Crippen LogP contribution is -2.37. The fourth-order valence-corrected chi connectivity index (χ4v) is 3.15. The number of carbonyl (C=O) groups excluding carboxylic acids is 1. The Morgan fingerprint density at radius 2 is 1.94 bits per heavy atom. The van der Waals surface area contributed by atoms with E-state index in [1.807, 2.05) is 6.07 Å². The topological polar surface area (TPSA) is 146 Å². The van der Waals surface area contributed by atoms with Gasteiger partial charge in [0.05, 0.1) is 12.2 Å². The first-order valence-corrected chi connectivity index (χ1v) is 10.3. The molecular weight excluding hydrogens is 465 g/mol. The first kappa shape index (κ1) is 25.1. The second-order valence-electron chi connectivity index (χ2n) is 7.29. The number of alkyl halides is 3. The molecule has 3 rings (SSSR count). The van der Waals surface area contributed by atoms with Crippen LogP contribution < -0.4 is 21.1 Å². The van der Waals surface area contributed by atoms with E-state index in [0.717, 1.165) is 12.1 Å². The van der Waals surface area contributed by atoms with Crippen LogP contribution in [0.4, 0.5) is 30.6 Å². The summed E-state index contributed by atoms with van der Waals surface area (Å²) in [5.41, 5.74) is 5.26. The third kappa shape index (κ3) is 6.50. The third-order valence-electron chi connectivity index (χ3n) is 4.75. The molecule has 0 saturated heterocycles. The van der Waals surface area contributed by atoms with E-state index in [2.05, 4.69) is 20.6 Å². The number of halogens is 3. The number of anilines is 3. The van der Waals surface area contributed by atoms with Crippen molar-refractivity contribution >= 4 is 23.4 Å². The second-order valence-corrected chi connectivity index (χ2v) is 7.29. The van der Waals surface area contributed by atoms with Gasteiger partial charge < -0.3 is 26.2 Å². The van der Waals surface area contributed by atoms with Crippen LogP contribution in [0.15, 0.2) is 48.5 Å². The largest absolute Gasteiger partial charge is 0.508 e. The van der Waals surface area contributed by atoms with E-state index in [4.69, 9.17) is 10.5 Å². The minimum Gasteiger partial charge on any atom is -0.508 e. The Labute approximate surface area is 198 Å². The average Bonchev–Trinajstić information content (AvgIpc) is 2.80. The molecule has 0 radical (unpaired) electrons.